The lowest BCUT2D eigenvalue weighted by Gasteiger charge is -2.12. The van der Waals surface area contributed by atoms with E-state index in [0.29, 0.717) is 0 Å². The predicted molar refractivity (Wildman–Crippen MR) is 135 cm³/mol. The SMILES string of the molecule is Clc1c(-c2cccc(-c3ccccc3)c2)cccc1-c1ccc2oc3ccccc3c2c1. The Morgan fingerprint density at radius 1 is 0.438 bits per heavy atom. The summed E-state index contributed by atoms with van der Waals surface area (Å²) in [5.74, 6) is 0. The van der Waals surface area contributed by atoms with Crippen LogP contribution >= 0.6 is 11.6 Å². The highest BCUT2D eigenvalue weighted by molar-refractivity contribution is 6.36. The molecular formula is C30H19ClO. The number of rotatable bonds is 3. The molecule has 32 heavy (non-hydrogen) atoms. The van der Waals surface area contributed by atoms with E-state index in [1.54, 1.807) is 0 Å². The molecule has 0 amide bonds. The van der Waals surface area contributed by atoms with Gasteiger partial charge in [-0.3, -0.25) is 0 Å². The Hall–Kier alpha value is -3.81. The molecule has 152 valence electrons. The number of furan rings is 1. The molecule has 0 N–H and O–H groups in total. The monoisotopic (exact) mass is 430 g/mol. The molecule has 0 aliphatic carbocycles. The summed E-state index contributed by atoms with van der Waals surface area (Å²) in [7, 11) is 0. The molecule has 0 bridgehead atoms. The molecule has 2 heteroatoms. The molecule has 6 rings (SSSR count). The van der Waals surface area contributed by atoms with E-state index in [-0.39, 0.29) is 0 Å². The van der Waals surface area contributed by atoms with Crippen LogP contribution in [-0.2, 0) is 0 Å². The van der Waals surface area contributed by atoms with E-state index >= 15 is 0 Å². The van der Waals surface area contributed by atoms with Crippen LogP contribution in [0.1, 0.15) is 0 Å². The summed E-state index contributed by atoms with van der Waals surface area (Å²) in [6, 6.07) is 39.6. The van der Waals surface area contributed by atoms with Crippen molar-refractivity contribution in [3.63, 3.8) is 0 Å². The van der Waals surface area contributed by atoms with Gasteiger partial charge in [0.25, 0.3) is 0 Å². The summed E-state index contributed by atoms with van der Waals surface area (Å²) in [6.45, 7) is 0. The van der Waals surface area contributed by atoms with Gasteiger partial charge in [-0.1, -0.05) is 103 Å². The standard InChI is InChI=1S/C30H19ClO/c31-30-24(22-11-6-10-21(18-22)20-8-2-1-3-9-20)13-7-14-25(30)23-16-17-29-27(19-23)26-12-4-5-15-28(26)32-29/h1-19H. The Morgan fingerprint density at radius 3 is 1.91 bits per heavy atom. The summed E-state index contributed by atoms with van der Waals surface area (Å²) in [4.78, 5) is 0. The lowest BCUT2D eigenvalue weighted by atomic mass is 9.95. The average molecular weight is 431 g/mol. The fourth-order valence-corrected chi connectivity index (χ4v) is 4.71. The molecule has 0 spiro atoms. The quantitative estimate of drug-likeness (QED) is 0.272. The summed E-state index contributed by atoms with van der Waals surface area (Å²) in [5, 5.41) is 2.97. The number of fused-ring (bicyclic) bond motifs is 3. The molecule has 1 aromatic heterocycles. The topological polar surface area (TPSA) is 13.1 Å². The zero-order valence-corrected chi connectivity index (χ0v) is 18.0. The Bertz CT molecular complexity index is 1580. The highest BCUT2D eigenvalue weighted by Crippen LogP contribution is 2.39. The second-order valence-corrected chi connectivity index (χ2v) is 8.30. The largest absolute Gasteiger partial charge is 0.456 e. The number of para-hydroxylation sites is 1. The molecule has 5 aromatic carbocycles. The average Bonchev–Trinajstić information content (AvgIpc) is 3.23. The van der Waals surface area contributed by atoms with Gasteiger partial charge in [-0.05, 0) is 46.5 Å². The van der Waals surface area contributed by atoms with E-state index in [1.165, 1.54) is 11.1 Å². The first-order chi connectivity index (χ1) is 15.8. The van der Waals surface area contributed by atoms with Crippen molar-refractivity contribution in [3.05, 3.63) is 120 Å². The molecule has 0 atom stereocenters. The zero-order valence-electron chi connectivity index (χ0n) is 17.3. The van der Waals surface area contributed by atoms with Crippen molar-refractivity contribution in [2.45, 2.75) is 0 Å². The van der Waals surface area contributed by atoms with Crippen molar-refractivity contribution in [1.29, 1.82) is 0 Å². The van der Waals surface area contributed by atoms with Crippen LogP contribution in [0.25, 0.3) is 55.3 Å². The summed E-state index contributed by atoms with van der Waals surface area (Å²) >= 11 is 7.00. The molecule has 0 saturated heterocycles. The van der Waals surface area contributed by atoms with E-state index in [9.17, 15) is 0 Å². The van der Waals surface area contributed by atoms with E-state index in [0.717, 1.165) is 49.2 Å². The molecule has 0 aliphatic heterocycles. The summed E-state index contributed by atoms with van der Waals surface area (Å²) in [5.41, 5.74) is 8.38. The number of halogens is 1. The molecule has 0 aliphatic rings. The first kappa shape index (κ1) is 18.9. The van der Waals surface area contributed by atoms with Crippen molar-refractivity contribution in [1.82, 2.24) is 0 Å². The maximum atomic E-state index is 7.00. The molecule has 0 radical (unpaired) electrons. The third kappa shape index (κ3) is 3.19. The fourth-order valence-electron chi connectivity index (χ4n) is 4.37. The van der Waals surface area contributed by atoms with Crippen LogP contribution < -0.4 is 0 Å². The van der Waals surface area contributed by atoms with Gasteiger partial charge in [0, 0.05) is 21.9 Å². The van der Waals surface area contributed by atoms with Gasteiger partial charge in [-0.25, -0.2) is 0 Å². The van der Waals surface area contributed by atoms with E-state index in [4.69, 9.17) is 16.0 Å². The number of hydrogen-bond donors (Lipinski definition) is 0. The van der Waals surface area contributed by atoms with Gasteiger partial charge in [0.15, 0.2) is 0 Å². The normalized spacial score (nSPS) is 11.3. The van der Waals surface area contributed by atoms with Crippen LogP contribution in [-0.4, -0.2) is 0 Å². The maximum Gasteiger partial charge on any atom is 0.135 e. The molecular weight excluding hydrogens is 412 g/mol. The highest BCUT2D eigenvalue weighted by atomic mass is 35.5. The van der Waals surface area contributed by atoms with Gasteiger partial charge in [0.2, 0.25) is 0 Å². The van der Waals surface area contributed by atoms with Crippen molar-refractivity contribution < 1.29 is 4.42 Å². The Morgan fingerprint density at radius 2 is 1.06 bits per heavy atom. The number of benzene rings is 5. The van der Waals surface area contributed by atoms with Gasteiger partial charge in [0.05, 0.1) is 5.02 Å². The second-order valence-electron chi connectivity index (χ2n) is 7.92. The van der Waals surface area contributed by atoms with Crippen molar-refractivity contribution in [2.24, 2.45) is 0 Å². The molecule has 0 fully saturated rings. The van der Waals surface area contributed by atoms with E-state index in [2.05, 4.69) is 84.9 Å². The van der Waals surface area contributed by atoms with Crippen LogP contribution in [0.4, 0.5) is 0 Å². The summed E-state index contributed by atoms with van der Waals surface area (Å²) in [6.07, 6.45) is 0. The van der Waals surface area contributed by atoms with Gasteiger partial charge in [-0.2, -0.15) is 0 Å². The summed E-state index contributed by atoms with van der Waals surface area (Å²) < 4.78 is 5.99. The Labute approximate surface area is 191 Å². The van der Waals surface area contributed by atoms with E-state index in [1.807, 2.05) is 30.3 Å². The van der Waals surface area contributed by atoms with Crippen LogP contribution in [0.5, 0.6) is 0 Å². The highest BCUT2D eigenvalue weighted by Gasteiger charge is 2.13. The van der Waals surface area contributed by atoms with E-state index < -0.39 is 0 Å². The molecule has 6 aromatic rings. The third-order valence-electron chi connectivity index (χ3n) is 5.97. The minimum absolute atomic E-state index is 0.755. The lowest BCUT2D eigenvalue weighted by Crippen LogP contribution is -1.86. The zero-order chi connectivity index (χ0) is 21.5. The van der Waals surface area contributed by atoms with Crippen LogP contribution in [0.3, 0.4) is 0 Å². The minimum atomic E-state index is 0.755. The molecule has 1 heterocycles. The van der Waals surface area contributed by atoms with Crippen LogP contribution in [0, 0.1) is 0 Å². The van der Waals surface area contributed by atoms with Crippen molar-refractivity contribution >= 4 is 33.5 Å². The Kier molecular flexibility index (Phi) is 4.56. The molecule has 0 saturated carbocycles. The minimum Gasteiger partial charge on any atom is -0.456 e. The lowest BCUT2D eigenvalue weighted by molar-refractivity contribution is 0.669. The van der Waals surface area contributed by atoms with Crippen LogP contribution in [0.15, 0.2) is 120 Å². The van der Waals surface area contributed by atoms with Crippen LogP contribution in [0.2, 0.25) is 5.02 Å². The molecule has 1 nitrogen and oxygen atoms in total. The first-order valence-electron chi connectivity index (χ1n) is 10.6. The van der Waals surface area contributed by atoms with Gasteiger partial charge >= 0.3 is 0 Å². The third-order valence-corrected chi connectivity index (χ3v) is 6.37. The first-order valence-corrected chi connectivity index (χ1v) is 11.0. The predicted octanol–water partition coefficient (Wildman–Crippen LogP) is 9.24. The smallest absolute Gasteiger partial charge is 0.135 e. The van der Waals surface area contributed by atoms with Crippen molar-refractivity contribution in [3.8, 4) is 33.4 Å². The second kappa shape index (κ2) is 7.71. The van der Waals surface area contributed by atoms with Gasteiger partial charge in [0.1, 0.15) is 11.2 Å². The maximum absolute atomic E-state index is 7.00. The fraction of sp³-hybridized carbons (Fsp3) is 0. The Balaban J connectivity index is 1.48. The molecule has 0 unspecified atom stereocenters. The van der Waals surface area contributed by atoms with Gasteiger partial charge < -0.3 is 4.42 Å². The number of hydrogen-bond acceptors (Lipinski definition) is 1. The van der Waals surface area contributed by atoms with Gasteiger partial charge in [-0.15, -0.1) is 0 Å². The van der Waals surface area contributed by atoms with Crippen molar-refractivity contribution in [2.75, 3.05) is 0 Å².